The number of thiophene rings is 1. The largest absolute Gasteiger partial charge is 0.481 e. The molecule has 1 N–H and O–H groups in total. The molecule has 17 heavy (non-hydrogen) atoms. The van der Waals surface area contributed by atoms with Crippen molar-refractivity contribution in [1.29, 1.82) is 0 Å². The highest BCUT2D eigenvalue weighted by atomic mass is 32.1. The molecule has 2 aromatic heterocycles. The predicted octanol–water partition coefficient (Wildman–Crippen LogP) is 1.65. The molecule has 1 aliphatic heterocycles. The first kappa shape index (κ1) is 10.5. The molecule has 1 unspecified atom stereocenters. The monoisotopic (exact) mass is 249 g/mol. The first-order valence-electron chi connectivity index (χ1n) is 5.44. The highest BCUT2D eigenvalue weighted by molar-refractivity contribution is 7.13. The van der Waals surface area contributed by atoms with Gasteiger partial charge in [-0.1, -0.05) is 6.07 Å². The maximum absolute atomic E-state index is 11.0. The fourth-order valence-corrected chi connectivity index (χ4v) is 2.83. The van der Waals surface area contributed by atoms with E-state index in [1.54, 1.807) is 11.3 Å². The second-order valence-electron chi connectivity index (χ2n) is 4.10. The molecule has 0 saturated heterocycles. The highest BCUT2D eigenvalue weighted by Gasteiger charge is 2.27. The van der Waals surface area contributed by atoms with Gasteiger partial charge in [0.1, 0.15) is 5.82 Å². The van der Waals surface area contributed by atoms with Crippen LogP contribution in [0.5, 0.6) is 0 Å². The fraction of sp³-hybridized carbons (Fsp3) is 0.364. The van der Waals surface area contributed by atoms with Crippen LogP contribution in [0.1, 0.15) is 12.2 Å². The van der Waals surface area contributed by atoms with E-state index in [1.165, 1.54) is 0 Å². The van der Waals surface area contributed by atoms with Crippen LogP contribution < -0.4 is 0 Å². The summed E-state index contributed by atoms with van der Waals surface area (Å²) in [6.45, 7) is 0.477. The number of carbonyl (C=O) groups is 1. The summed E-state index contributed by atoms with van der Waals surface area (Å²) in [5.74, 6) is 0.630. The van der Waals surface area contributed by atoms with Crippen molar-refractivity contribution in [1.82, 2.24) is 14.8 Å². The Morgan fingerprint density at radius 2 is 2.41 bits per heavy atom. The lowest BCUT2D eigenvalue weighted by molar-refractivity contribution is -0.142. The van der Waals surface area contributed by atoms with Gasteiger partial charge in [0.2, 0.25) is 0 Å². The van der Waals surface area contributed by atoms with E-state index in [0.29, 0.717) is 19.4 Å². The molecule has 0 fully saturated rings. The van der Waals surface area contributed by atoms with E-state index in [-0.39, 0.29) is 5.92 Å². The normalized spacial score (nSPS) is 18.9. The van der Waals surface area contributed by atoms with Gasteiger partial charge >= 0.3 is 5.97 Å². The number of rotatable bonds is 2. The topological polar surface area (TPSA) is 68.0 Å². The van der Waals surface area contributed by atoms with E-state index in [2.05, 4.69) is 10.2 Å². The Morgan fingerprint density at radius 1 is 1.53 bits per heavy atom. The lowest BCUT2D eigenvalue weighted by Gasteiger charge is -2.20. The van der Waals surface area contributed by atoms with Crippen LogP contribution in [0.4, 0.5) is 0 Å². The zero-order valence-corrected chi connectivity index (χ0v) is 9.85. The fourth-order valence-electron chi connectivity index (χ4n) is 2.12. The minimum absolute atomic E-state index is 0.322. The summed E-state index contributed by atoms with van der Waals surface area (Å²) in [6, 6.07) is 3.94. The Bertz CT molecular complexity index is 547. The average Bonchev–Trinajstić information content (AvgIpc) is 2.96. The Morgan fingerprint density at radius 3 is 3.12 bits per heavy atom. The Balaban J connectivity index is 2.00. The standard InChI is InChI=1S/C11H11N3O2S/c15-11(16)7-3-4-9-12-13-10(14(9)6-7)8-2-1-5-17-8/h1-2,5,7H,3-4,6H2,(H,15,16). The van der Waals surface area contributed by atoms with Crippen molar-refractivity contribution in [3.63, 3.8) is 0 Å². The van der Waals surface area contributed by atoms with Crippen molar-refractivity contribution < 1.29 is 9.90 Å². The van der Waals surface area contributed by atoms with Gasteiger partial charge in [-0.25, -0.2) is 0 Å². The third-order valence-corrected chi connectivity index (χ3v) is 3.90. The number of aromatic nitrogens is 3. The lowest BCUT2D eigenvalue weighted by Crippen LogP contribution is -2.26. The molecule has 0 radical (unpaired) electrons. The molecular formula is C11H11N3O2S. The third kappa shape index (κ3) is 1.74. The molecule has 1 aliphatic rings. The second-order valence-corrected chi connectivity index (χ2v) is 5.05. The maximum atomic E-state index is 11.0. The van der Waals surface area contributed by atoms with Gasteiger partial charge in [-0.05, 0) is 17.9 Å². The number of aliphatic carboxylic acids is 1. The number of fused-ring (bicyclic) bond motifs is 1. The molecular weight excluding hydrogens is 238 g/mol. The molecule has 0 aromatic carbocycles. The van der Waals surface area contributed by atoms with Gasteiger partial charge in [0, 0.05) is 13.0 Å². The van der Waals surface area contributed by atoms with E-state index in [9.17, 15) is 4.79 Å². The molecule has 2 aromatic rings. The molecule has 0 aliphatic carbocycles. The number of hydrogen-bond donors (Lipinski definition) is 1. The molecule has 3 heterocycles. The van der Waals surface area contributed by atoms with Crippen LogP contribution in [0.2, 0.25) is 0 Å². The maximum Gasteiger partial charge on any atom is 0.308 e. The van der Waals surface area contributed by atoms with Crippen molar-refractivity contribution in [2.75, 3.05) is 0 Å². The van der Waals surface area contributed by atoms with Gasteiger partial charge in [-0.2, -0.15) is 0 Å². The molecule has 3 rings (SSSR count). The molecule has 0 amide bonds. The number of nitrogens with zero attached hydrogens (tertiary/aromatic N) is 3. The summed E-state index contributed by atoms with van der Waals surface area (Å²) in [4.78, 5) is 12.1. The van der Waals surface area contributed by atoms with Gasteiger partial charge in [0.15, 0.2) is 5.82 Å². The Hall–Kier alpha value is -1.69. The third-order valence-electron chi connectivity index (χ3n) is 3.04. The van der Waals surface area contributed by atoms with Crippen LogP contribution in [-0.2, 0) is 17.8 Å². The molecule has 0 saturated carbocycles. The van der Waals surface area contributed by atoms with Crippen molar-refractivity contribution in [2.24, 2.45) is 5.92 Å². The number of aryl methyl sites for hydroxylation is 1. The molecule has 6 heteroatoms. The Labute approximate surface area is 102 Å². The Kier molecular flexibility index (Phi) is 2.44. The lowest BCUT2D eigenvalue weighted by atomic mass is 9.99. The summed E-state index contributed by atoms with van der Waals surface area (Å²) < 4.78 is 1.94. The first-order chi connectivity index (χ1) is 8.25. The summed E-state index contributed by atoms with van der Waals surface area (Å²) >= 11 is 1.59. The second kappa shape index (κ2) is 3.96. The van der Waals surface area contributed by atoms with Crippen LogP contribution in [0.25, 0.3) is 10.7 Å². The molecule has 0 bridgehead atoms. The summed E-state index contributed by atoms with van der Waals surface area (Å²) in [5.41, 5.74) is 0. The SMILES string of the molecule is O=C(O)C1CCc2nnc(-c3cccs3)n2C1. The average molecular weight is 249 g/mol. The van der Waals surface area contributed by atoms with Gasteiger partial charge in [0.05, 0.1) is 10.8 Å². The van der Waals surface area contributed by atoms with Crippen LogP contribution in [0, 0.1) is 5.92 Å². The van der Waals surface area contributed by atoms with Gasteiger partial charge in [-0.3, -0.25) is 4.79 Å². The molecule has 88 valence electrons. The summed E-state index contributed by atoms with van der Waals surface area (Å²) in [5, 5.41) is 19.3. The molecule has 5 nitrogen and oxygen atoms in total. The summed E-state index contributed by atoms with van der Waals surface area (Å²) in [7, 11) is 0. The van der Waals surface area contributed by atoms with Crippen molar-refractivity contribution >= 4 is 17.3 Å². The zero-order chi connectivity index (χ0) is 11.8. The zero-order valence-electron chi connectivity index (χ0n) is 9.04. The van der Waals surface area contributed by atoms with E-state index >= 15 is 0 Å². The van der Waals surface area contributed by atoms with Gasteiger partial charge in [0.25, 0.3) is 0 Å². The van der Waals surface area contributed by atoms with Crippen LogP contribution in [-0.4, -0.2) is 25.8 Å². The highest BCUT2D eigenvalue weighted by Crippen LogP contribution is 2.28. The van der Waals surface area contributed by atoms with Crippen LogP contribution >= 0.6 is 11.3 Å². The number of hydrogen-bond acceptors (Lipinski definition) is 4. The quantitative estimate of drug-likeness (QED) is 0.878. The summed E-state index contributed by atoms with van der Waals surface area (Å²) in [6.07, 6.45) is 1.34. The first-order valence-corrected chi connectivity index (χ1v) is 6.32. The molecule has 0 spiro atoms. The number of carboxylic acid groups (broad SMARTS) is 1. The van der Waals surface area contributed by atoms with E-state index in [4.69, 9.17) is 5.11 Å². The van der Waals surface area contributed by atoms with Gasteiger partial charge in [-0.15, -0.1) is 21.5 Å². The van der Waals surface area contributed by atoms with Crippen LogP contribution in [0.15, 0.2) is 17.5 Å². The molecule has 1 atom stereocenters. The predicted molar refractivity (Wildman–Crippen MR) is 62.8 cm³/mol. The van der Waals surface area contributed by atoms with E-state index in [1.807, 2.05) is 22.1 Å². The minimum Gasteiger partial charge on any atom is -0.481 e. The van der Waals surface area contributed by atoms with Gasteiger partial charge < -0.3 is 9.67 Å². The number of carboxylic acids is 1. The minimum atomic E-state index is -0.735. The van der Waals surface area contributed by atoms with Crippen molar-refractivity contribution in [2.45, 2.75) is 19.4 Å². The van der Waals surface area contributed by atoms with Crippen molar-refractivity contribution in [3.05, 3.63) is 23.3 Å². The van der Waals surface area contributed by atoms with Crippen molar-refractivity contribution in [3.8, 4) is 10.7 Å². The van der Waals surface area contributed by atoms with Crippen LogP contribution in [0.3, 0.4) is 0 Å². The van der Waals surface area contributed by atoms with E-state index < -0.39 is 5.97 Å². The van der Waals surface area contributed by atoms with E-state index in [0.717, 1.165) is 16.5 Å². The smallest absolute Gasteiger partial charge is 0.308 e.